The van der Waals surface area contributed by atoms with E-state index in [2.05, 4.69) is 58.7 Å². The number of rotatable bonds is 20. The summed E-state index contributed by atoms with van der Waals surface area (Å²) < 4.78 is 70.0. The maximum Gasteiger partial charge on any atom is 1.00 e. The van der Waals surface area contributed by atoms with E-state index in [4.69, 9.17) is 11.6 Å². The van der Waals surface area contributed by atoms with Gasteiger partial charge in [-0.25, -0.2) is 16.8 Å². The molecule has 0 aliphatic rings. The number of fused-ring (bicyclic) bond motifs is 1. The molecule has 3 N–H and O–H groups in total. The number of azo groups is 1. The molecule has 30 heteroatoms. The van der Waals surface area contributed by atoms with Crippen LogP contribution in [0.5, 0.6) is 5.75 Å². The Morgan fingerprint density at radius 2 is 1.66 bits per heavy atom. The van der Waals surface area contributed by atoms with E-state index < -0.39 is 38.5 Å². The Labute approximate surface area is 427 Å². The Hall–Kier alpha value is -1.81. The third kappa shape index (κ3) is 16.9. The van der Waals surface area contributed by atoms with Crippen LogP contribution in [0, 0.1) is 0 Å². The molecule has 1 aromatic heterocycles. The van der Waals surface area contributed by atoms with Gasteiger partial charge in [0, 0.05) is 53.7 Å². The zero-order valence-electron chi connectivity index (χ0n) is 32.2. The number of halogens is 1. The number of anilines is 4. The molecule has 1 amide bonds. The van der Waals surface area contributed by atoms with Crippen LogP contribution in [0.3, 0.4) is 0 Å². The number of aromatic nitrogens is 3. The summed E-state index contributed by atoms with van der Waals surface area (Å²) in [5.74, 6) is -1.28. The van der Waals surface area contributed by atoms with E-state index in [1.807, 2.05) is 0 Å². The molecule has 0 saturated carbocycles. The quantitative estimate of drug-likeness (QED) is 0.00958. The van der Waals surface area contributed by atoms with Crippen LogP contribution in [0.2, 0.25) is 5.28 Å². The topological polar surface area (TPSA) is 312 Å². The fourth-order valence-corrected chi connectivity index (χ4v) is 7.43. The first-order valence-electron chi connectivity index (χ1n) is 15.8. The van der Waals surface area contributed by atoms with Crippen molar-refractivity contribution in [3.05, 3.63) is 83.6 Å². The maximum atomic E-state index is 13.1. The number of hydrogen-bond acceptors (Lipinski definition) is 23. The molecule has 0 unspecified atom stereocenters. The number of nitrogens with zero attached hydrogens (tertiary/aromatic N) is 6. The summed E-state index contributed by atoms with van der Waals surface area (Å²) >= 11 is 7.38. The minimum absolute atomic E-state index is 0. The van der Waals surface area contributed by atoms with Crippen molar-refractivity contribution in [2.75, 3.05) is 47.2 Å². The molecule has 5 aromatic rings. The minimum atomic E-state index is -5.09. The van der Waals surface area contributed by atoms with Crippen LogP contribution in [-0.2, 0) is 43.2 Å². The van der Waals surface area contributed by atoms with Gasteiger partial charge in [-0.1, -0.05) is 18.2 Å². The predicted molar refractivity (Wildman–Crippen MR) is 202 cm³/mol. The number of phenolic OH excluding ortho intramolecular Hbond substituents is 1. The first-order valence-corrected chi connectivity index (χ1v) is 20.8. The maximum absolute atomic E-state index is 13.1. The molecule has 0 bridgehead atoms. The van der Waals surface area contributed by atoms with Crippen LogP contribution in [0.25, 0.3) is 10.8 Å². The number of benzene rings is 4. The van der Waals surface area contributed by atoms with Gasteiger partial charge in [0.2, 0.25) is 27.6 Å². The Morgan fingerprint density at radius 3 is 2.38 bits per heavy atom. The van der Waals surface area contributed by atoms with E-state index in [-0.39, 0.29) is 149 Å². The van der Waals surface area contributed by atoms with Crippen molar-refractivity contribution >= 4 is 107 Å². The third-order valence-electron chi connectivity index (χ3n) is 7.39. The summed E-state index contributed by atoms with van der Waals surface area (Å²) in [5, 5.41) is 53.4. The third-order valence-corrected chi connectivity index (χ3v) is 10.8. The zero-order chi connectivity index (χ0) is 41.9. The molecule has 1 heterocycles. The van der Waals surface area contributed by atoms with Gasteiger partial charge in [0.15, 0.2) is 15.6 Å². The molecule has 61 heavy (non-hydrogen) atoms. The smallest absolute Gasteiger partial charge is 0.726 e. The second-order valence-corrected chi connectivity index (χ2v) is 16.3. The van der Waals surface area contributed by atoms with Crippen LogP contribution >= 0.6 is 35.7 Å². The number of amides is 1. The van der Waals surface area contributed by atoms with Crippen molar-refractivity contribution in [2.45, 2.75) is 9.79 Å². The van der Waals surface area contributed by atoms with Crippen molar-refractivity contribution in [1.82, 2.24) is 15.0 Å². The molecule has 0 radical (unpaired) electrons. The van der Waals surface area contributed by atoms with Crippen LogP contribution in [0.4, 0.5) is 34.6 Å². The Kier molecular flexibility index (Phi) is 23.8. The van der Waals surface area contributed by atoms with Gasteiger partial charge in [-0.2, -0.15) is 28.7 Å². The molecule has 0 fully saturated rings. The fraction of sp³-hybridized carbons (Fsp3) is 0.161. The molecular formula is C31H26ClN8Na3O14S4. The van der Waals surface area contributed by atoms with Gasteiger partial charge in [-0.15, -0.1) is 5.11 Å². The average molecular weight is 967 g/mol. The zero-order valence-corrected chi connectivity index (χ0v) is 42.2. The second-order valence-electron chi connectivity index (χ2n) is 11.2. The van der Waals surface area contributed by atoms with Gasteiger partial charge in [0.25, 0.3) is 5.91 Å². The normalized spacial score (nSPS) is 11.4. The van der Waals surface area contributed by atoms with Crippen molar-refractivity contribution in [3.63, 3.8) is 0 Å². The van der Waals surface area contributed by atoms with Crippen LogP contribution in [0.15, 0.2) is 92.8 Å². The molecule has 308 valence electrons. The summed E-state index contributed by atoms with van der Waals surface area (Å²) in [6.07, 6.45) is 0. The largest absolute Gasteiger partial charge is 1.00 e. The van der Waals surface area contributed by atoms with Crippen LogP contribution < -0.4 is 115 Å². The minimum Gasteiger partial charge on any atom is -0.726 e. The molecule has 0 saturated heterocycles. The second kappa shape index (κ2) is 26.2. The molecule has 0 aliphatic carbocycles. The standard InChI is InChI=1S/C31H29ClN8O14S4.3Na/c1-40(10-12-55-53-51-43)31-36-29(32)35-30(37-31)34-21-9-8-18-15-25(56-54-52-44)26(27(41)24(18)17-21)39-38-22-6-2-4-19(14-22)28(42)33-20-5-3-7-23(16-20)57(45,46)13-11-50-58(47,48)49;;;/h2-9,14-17,41,43-44H,10-13H2,1H3,(H,33,42)(H,47,48,49)(H,34,35,36,37);;;/q;3*+1/p-3. The van der Waals surface area contributed by atoms with Gasteiger partial charge in [-0.05, 0) is 71.6 Å². The number of hydrogen-bond donors (Lipinski definition) is 3. The number of carbonyl (C=O) groups excluding carboxylic acids is 1. The SMILES string of the molecule is CN(CCSOO[O-])c1nc(Cl)nc(Nc2ccc3cc(SOO[O-])c(N=Nc4cccc(C(=O)Nc5cccc(S(=O)(=O)CCOS(=O)(=O)[O-])c5)c4)c(O)c3c2)n1.[Na+].[Na+].[Na+]. The van der Waals surface area contributed by atoms with Crippen molar-refractivity contribution < 1.29 is 153 Å². The molecular weight excluding hydrogens is 941 g/mol. The summed E-state index contributed by atoms with van der Waals surface area (Å²) in [5.41, 5.74) is 0.552. The van der Waals surface area contributed by atoms with Gasteiger partial charge in [-0.3, -0.25) is 19.1 Å². The Bertz CT molecular complexity index is 2540. The van der Waals surface area contributed by atoms with Crippen molar-refractivity contribution in [3.8, 4) is 5.75 Å². The van der Waals surface area contributed by atoms with Crippen molar-refractivity contribution in [2.24, 2.45) is 10.2 Å². The molecule has 5 rings (SSSR count). The van der Waals surface area contributed by atoms with E-state index in [9.17, 15) is 41.8 Å². The number of carbonyl (C=O) groups is 1. The van der Waals surface area contributed by atoms with Crippen LogP contribution in [-0.4, -0.2) is 79.1 Å². The Balaban J connectivity index is 0.00000427. The first-order chi connectivity index (χ1) is 27.7. The van der Waals surface area contributed by atoms with E-state index in [0.29, 0.717) is 35.4 Å². The molecule has 0 atom stereocenters. The number of phenols is 1. The van der Waals surface area contributed by atoms with E-state index >= 15 is 0 Å². The van der Waals surface area contributed by atoms with E-state index in [1.54, 1.807) is 36.2 Å². The van der Waals surface area contributed by atoms with Gasteiger partial charge < -0.3 is 35.7 Å². The summed E-state index contributed by atoms with van der Waals surface area (Å²) in [4.78, 5) is 27.2. The Morgan fingerprint density at radius 1 is 0.918 bits per heavy atom. The van der Waals surface area contributed by atoms with Gasteiger partial charge >= 0.3 is 88.7 Å². The summed E-state index contributed by atoms with van der Waals surface area (Å²) in [7, 11) is -7.50. The molecule has 4 aromatic carbocycles. The van der Waals surface area contributed by atoms with E-state index in [1.165, 1.54) is 42.5 Å². The van der Waals surface area contributed by atoms with E-state index in [0.717, 1.165) is 18.1 Å². The van der Waals surface area contributed by atoms with Crippen molar-refractivity contribution in [1.29, 1.82) is 0 Å². The average Bonchev–Trinajstić information content (AvgIpc) is 3.18. The summed E-state index contributed by atoms with van der Waals surface area (Å²) in [6, 6.07) is 17.3. The number of aromatic hydroxyl groups is 1. The number of sulfone groups is 1. The van der Waals surface area contributed by atoms with Gasteiger partial charge in [0.05, 0.1) is 39.9 Å². The first kappa shape index (κ1) is 55.3. The fourth-order valence-electron chi connectivity index (χ4n) is 4.80. The monoisotopic (exact) mass is 966 g/mol. The molecule has 0 aliphatic heterocycles. The van der Waals surface area contributed by atoms with Gasteiger partial charge in [0.1, 0.15) is 5.69 Å². The van der Waals surface area contributed by atoms with Crippen LogP contribution in [0.1, 0.15) is 10.4 Å². The molecule has 22 nitrogen and oxygen atoms in total. The number of nitrogens with one attached hydrogen (secondary N) is 2. The molecule has 0 spiro atoms. The summed E-state index contributed by atoms with van der Waals surface area (Å²) in [6.45, 7) is -0.543. The predicted octanol–water partition coefficient (Wildman–Crippen LogP) is -5.40.